The van der Waals surface area contributed by atoms with Gasteiger partial charge in [-0.15, -0.1) is 0 Å². The molecule has 1 aromatic heterocycles. The van der Waals surface area contributed by atoms with Gasteiger partial charge in [-0.05, 0) is 25.8 Å². The molecule has 4 heteroatoms. The predicted molar refractivity (Wildman–Crippen MR) is 75.1 cm³/mol. The van der Waals surface area contributed by atoms with E-state index in [0.717, 1.165) is 12.2 Å². The Balaban J connectivity index is 2.15. The molecule has 0 bridgehead atoms. The minimum atomic E-state index is 0.167. The van der Waals surface area contributed by atoms with Gasteiger partial charge >= 0.3 is 0 Å². The zero-order valence-electron chi connectivity index (χ0n) is 11.8. The Kier molecular flexibility index (Phi) is 4.32. The number of nitrogens with two attached hydrogens (primary N) is 1. The van der Waals surface area contributed by atoms with Crippen LogP contribution in [0.15, 0.2) is 22.7 Å². The van der Waals surface area contributed by atoms with Gasteiger partial charge in [0.2, 0.25) is 5.89 Å². The Hall–Kier alpha value is -1.68. The molecule has 1 atom stereocenters. The normalized spacial score (nSPS) is 12.6. The van der Waals surface area contributed by atoms with Crippen LogP contribution in [0.1, 0.15) is 47.7 Å². The summed E-state index contributed by atoms with van der Waals surface area (Å²) in [5.41, 5.74) is 9.42. The fourth-order valence-corrected chi connectivity index (χ4v) is 2.30. The van der Waals surface area contributed by atoms with Gasteiger partial charge in [0.05, 0.1) is 5.92 Å². The second-order valence-corrected chi connectivity index (χ2v) is 5.06. The van der Waals surface area contributed by atoms with Crippen LogP contribution in [-0.4, -0.2) is 16.7 Å². The van der Waals surface area contributed by atoms with Crippen molar-refractivity contribution in [2.75, 3.05) is 6.54 Å². The first-order chi connectivity index (χ1) is 9.12. The van der Waals surface area contributed by atoms with Gasteiger partial charge in [-0.1, -0.05) is 41.4 Å². The molecular weight excluding hydrogens is 238 g/mol. The third-order valence-corrected chi connectivity index (χ3v) is 3.25. The van der Waals surface area contributed by atoms with E-state index >= 15 is 0 Å². The van der Waals surface area contributed by atoms with Crippen LogP contribution in [0.4, 0.5) is 0 Å². The van der Waals surface area contributed by atoms with E-state index in [1.165, 1.54) is 16.7 Å². The van der Waals surface area contributed by atoms with E-state index in [4.69, 9.17) is 10.3 Å². The van der Waals surface area contributed by atoms with Crippen LogP contribution in [0, 0.1) is 13.8 Å². The molecule has 2 N–H and O–H groups in total. The predicted octanol–water partition coefficient (Wildman–Crippen LogP) is 2.73. The highest BCUT2D eigenvalue weighted by Gasteiger charge is 2.15. The molecule has 0 radical (unpaired) electrons. The van der Waals surface area contributed by atoms with Crippen molar-refractivity contribution in [3.8, 4) is 0 Å². The summed E-state index contributed by atoms with van der Waals surface area (Å²) in [7, 11) is 0. The van der Waals surface area contributed by atoms with Crippen molar-refractivity contribution in [1.82, 2.24) is 10.1 Å². The van der Waals surface area contributed by atoms with Gasteiger partial charge in [-0.2, -0.15) is 4.98 Å². The van der Waals surface area contributed by atoms with Crippen molar-refractivity contribution in [3.05, 3.63) is 46.6 Å². The highest BCUT2D eigenvalue weighted by molar-refractivity contribution is 5.30. The minimum absolute atomic E-state index is 0.167. The van der Waals surface area contributed by atoms with Crippen LogP contribution in [0.2, 0.25) is 0 Å². The Morgan fingerprint density at radius 1 is 1.21 bits per heavy atom. The quantitative estimate of drug-likeness (QED) is 0.896. The maximum atomic E-state index is 5.69. The fraction of sp³-hybridized carbons (Fsp3) is 0.467. The molecule has 102 valence electrons. The van der Waals surface area contributed by atoms with E-state index in [1.54, 1.807) is 0 Å². The summed E-state index contributed by atoms with van der Waals surface area (Å²) in [6, 6.07) is 6.47. The fourth-order valence-electron chi connectivity index (χ4n) is 2.30. The molecule has 2 aromatic rings. The number of aromatic nitrogens is 2. The zero-order chi connectivity index (χ0) is 13.8. The highest BCUT2D eigenvalue weighted by Crippen LogP contribution is 2.17. The number of rotatable bonds is 5. The van der Waals surface area contributed by atoms with Crippen molar-refractivity contribution in [2.45, 2.75) is 39.5 Å². The summed E-state index contributed by atoms with van der Waals surface area (Å²) in [5.74, 6) is 1.55. The van der Waals surface area contributed by atoms with Crippen LogP contribution in [-0.2, 0) is 6.42 Å². The van der Waals surface area contributed by atoms with Crippen molar-refractivity contribution in [2.24, 2.45) is 5.73 Å². The standard InChI is InChI=1S/C15H21N3O/c1-4-13(9-16)15-17-14(18-19-15)8-12-6-10(2)5-11(3)7-12/h5-7,13H,4,8-9,16H2,1-3H3. The van der Waals surface area contributed by atoms with Gasteiger partial charge in [-0.25, -0.2) is 0 Å². The van der Waals surface area contributed by atoms with Gasteiger partial charge in [0.15, 0.2) is 5.82 Å². The molecule has 1 aromatic carbocycles. The molecule has 0 aliphatic carbocycles. The average molecular weight is 259 g/mol. The number of hydrogen-bond donors (Lipinski definition) is 1. The Bertz CT molecular complexity index is 524. The molecule has 2 rings (SSSR count). The van der Waals surface area contributed by atoms with Crippen LogP contribution in [0.25, 0.3) is 0 Å². The van der Waals surface area contributed by atoms with Crippen molar-refractivity contribution >= 4 is 0 Å². The van der Waals surface area contributed by atoms with E-state index in [0.29, 0.717) is 18.9 Å². The third-order valence-electron chi connectivity index (χ3n) is 3.25. The maximum Gasteiger partial charge on any atom is 0.231 e. The molecular formula is C15H21N3O. The van der Waals surface area contributed by atoms with Crippen molar-refractivity contribution < 1.29 is 4.52 Å². The topological polar surface area (TPSA) is 64.9 Å². The lowest BCUT2D eigenvalue weighted by Gasteiger charge is -2.04. The third kappa shape index (κ3) is 3.41. The molecule has 0 saturated heterocycles. The number of hydrogen-bond acceptors (Lipinski definition) is 4. The number of nitrogens with zero attached hydrogens (tertiary/aromatic N) is 2. The first-order valence-corrected chi connectivity index (χ1v) is 6.72. The lowest BCUT2D eigenvalue weighted by molar-refractivity contribution is 0.348. The average Bonchev–Trinajstić information content (AvgIpc) is 2.78. The van der Waals surface area contributed by atoms with Crippen LogP contribution in [0.3, 0.4) is 0 Å². The summed E-state index contributed by atoms with van der Waals surface area (Å²) in [6.45, 7) is 6.81. The number of aryl methyl sites for hydroxylation is 2. The SMILES string of the molecule is CCC(CN)c1nc(Cc2cc(C)cc(C)c2)no1. The molecule has 0 saturated carbocycles. The van der Waals surface area contributed by atoms with Gasteiger partial charge in [0.25, 0.3) is 0 Å². The largest absolute Gasteiger partial charge is 0.339 e. The molecule has 0 fully saturated rings. The zero-order valence-corrected chi connectivity index (χ0v) is 11.8. The van der Waals surface area contributed by atoms with Gasteiger partial charge in [0, 0.05) is 13.0 Å². The Morgan fingerprint density at radius 2 is 1.89 bits per heavy atom. The second kappa shape index (κ2) is 5.97. The lowest BCUT2D eigenvalue weighted by Crippen LogP contribution is -2.11. The maximum absolute atomic E-state index is 5.69. The van der Waals surface area contributed by atoms with Gasteiger partial charge in [-0.3, -0.25) is 0 Å². The minimum Gasteiger partial charge on any atom is -0.339 e. The highest BCUT2D eigenvalue weighted by atomic mass is 16.5. The lowest BCUT2D eigenvalue weighted by atomic mass is 10.0. The Morgan fingerprint density at radius 3 is 2.47 bits per heavy atom. The summed E-state index contributed by atoms with van der Waals surface area (Å²) < 4.78 is 5.30. The molecule has 0 amide bonds. The van der Waals surface area contributed by atoms with E-state index in [2.05, 4.69) is 49.1 Å². The smallest absolute Gasteiger partial charge is 0.231 e. The Labute approximate surface area is 114 Å². The van der Waals surface area contributed by atoms with Crippen molar-refractivity contribution in [1.29, 1.82) is 0 Å². The monoisotopic (exact) mass is 259 g/mol. The summed E-state index contributed by atoms with van der Waals surface area (Å²) in [4.78, 5) is 4.45. The van der Waals surface area contributed by atoms with Gasteiger partial charge < -0.3 is 10.3 Å². The molecule has 0 aliphatic heterocycles. The molecule has 0 aliphatic rings. The molecule has 4 nitrogen and oxygen atoms in total. The summed E-state index contributed by atoms with van der Waals surface area (Å²) >= 11 is 0. The molecule has 1 unspecified atom stereocenters. The van der Waals surface area contributed by atoms with E-state index in [1.807, 2.05) is 0 Å². The number of benzene rings is 1. The first-order valence-electron chi connectivity index (χ1n) is 6.72. The molecule has 19 heavy (non-hydrogen) atoms. The second-order valence-electron chi connectivity index (χ2n) is 5.06. The first kappa shape index (κ1) is 13.7. The van der Waals surface area contributed by atoms with Crippen LogP contribution >= 0.6 is 0 Å². The molecule has 0 spiro atoms. The van der Waals surface area contributed by atoms with E-state index in [-0.39, 0.29) is 5.92 Å². The van der Waals surface area contributed by atoms with E-state index in [9.17, 15) is 0 Å². The summed E-state index contributed by atoms with van der Waals surface area (Å²) in [6.07, 6.45) is 1.62. The van der Waals surface area contributed by atoms with Gasteiger partial charge in [0.1, 0.15) is 0 Å². The summed E-state index contributed by atoms with van der Waals surface area (Å²) in [5, 5.41) is 4.05. The van der Waals surface area contributed by atoms with E-state index < -0.39 is 0 Å². The van der Waals surface area contributed by atoms with Crippen LogP contribution in [0.5, 0.6) is 0 Å². The van der Waals surface area contributed by atoms with Crippen LogP contribution < -0.4 is 5.73 Å². The van der Waals surface area contributed by atoms with Crippen molar-refractivity contribution in [3.63, 3.8) is 0 Å². The molecule has 1 heterocycles.